The van der Waals surface area contributed by atoms with E-state index in [2.05, 4.69) is 15.4 Å². The van der Waals surface area contributed by atoms with Gasteiger partial charge in [-0.1, -0.05) is 18.2 Å². The fraction of sp³-hybridized carbons (Fsp3) is 0.267. The number of amides is 2. The number of primary amides is 1. The highest BCUT2D eigenvalue weighted by Gasteiger charge is 2.68. The molecule has 3 N–H and O–H groups in total. The molecular formula is C30H22F7N5O2. The minimum absolute atomic E-state index is 0.0984. The van der Waals surface area contributed by atoms with E-state index in [1.807, 2.05) is 0 Å². The normalized spacial score (nSPS) is 18.8. The summed E-state index contributed by atoms with van der Waals surface area (Å²) in [6, 6.07) is 10.9. The van der Waals surface area contributed by atoms with Crippen molar-refractivity contribution in [3.8, 4) is 11.1 Å². The Morgan fingerprint density at radius 3 is 2.48 bits per heavy atom. The molecule has 228 valence electrons. The van der Waals surface area contributed by atoms with Crippen LogP contribution in [0.2, 0.25) is 0 Å². The van der Waals surface area contributed by atoms with E-state index in [-0.39, 0.29) is 29.7 Å². The van der Waals surface area contributed by atoms with Crippen molar-refractivity contribution in [3.63, 3.8) is 0 Å². The SMILES string of the molecule is NC(=O)c1cccc(-c2cccnc2[C@H](Cc2cc(F)cc(F)c2)NC(=O)Cn2nc(C(F)(F)F)c3c2C(F)(F)[C@@H]2C[C@H]32)c1. The number of aromatic nitrogens is 3. The maximum atomic E-state index is 15.0. The van der Waals surface area contributed by atoms with Gasteiger partial charge in [-0.3, -0.25) is 19.3 Å². The smallest absolute Gasteiger partial charge is 0.366 e. The van der Waals surface area contributed by atoms with Crippen LogP contribution >= 0.6 is 0 Å². The summed E-state index contributed by atoms with van der Waals surface area (Å²) in [5.41, 5.74) is 3.71. The molecule has 0 spiro atoms. The number of benzene rings is 2. The van der Waals surface area contributed by atoms with Crippen LogP contribution in [-0.2, 0) is 29.9 Å². The number of hydrogen-bond acceptors (Lipinski definition) is 4. The highest BCUT2D eigenvalue weighted by atomic mass is 19.4. The summed E-state index contributed by atoms with van der Waals surface area (Å²) < 4.78 is 99.8. The average molecular weight is 618 g/mol. The second kappa shape index (κ2) is 10.5. The number of fused-ring (bicyclic) bond motifs is 3. The molecule has 6 rings (SSSR count). The molecule has 2 aliphatic carbocycles. The van der Waals surface area contributed by atoms with Crippen molar-refractivity contribution in [1.29, 1.82) is 0 Å². The van der Waals surface area contributed by atoms with Gasteiger partial charge in [0.2, 0.25) is 11.8 Å². The zero-order valence-corrected chi connectivity index (χ0v) is 22.5. The molecule has 1 fully saturated rings. The lowest BCUT2D eigenvalue weighted by atomic mass is 9.94. The lowest BCUT2D eigenvalue weighted by Gasteiger charge is -2.22. The van der Waals surface area contributed by atoms with Crippen LogP contribution in [0.15, 0.2) is 60.8 Å². The zero-order chi connectivity index (χ0) is 31.6. The van der Waals surface area contributed by atoms with E-state index in [1.165, 1.54) is 18.3 Å². The summed E-state index contributed by atoms with van der Waals surface area (Å²) in [6.45, 7) is -0.985. The van der Waals surface area contributed by atoms with Gasteiger partial charge in [0.1, 0.15) is 23.9 Å². The van der Waals surface area contributed by atoms with Crippen LogP contribution in [-0.4, -0.2) is 26.6 Å². The lowest BCUT2D eigenvalue weighted by molar-refractivity contribution is -0.142. The first-order valence-corrected chi connectivity index (χ1v) is 13.4. The first kappa shape index (κ1) is 29.3. The van der Waals surface area contributed by atoms with Gasteiger partial charge < -0.3 is 11.1 Å². The first-order valence-electron chi connectivity index (χ1n) is 13.4. The fourth-order valence-corrected chi connectivity index (χ4v) is 5.93. The number of hydrogen-bond donors (Lipinski definition) is 2. The third-order valence-corrected chi connectivity index (χ3v) is 7.82. The predicted octanol–water partition coefficient (Wildman–Crippen LogP) is 5.65. The molecule has 2 aliphatic rings. The van der Waals surface area contributed by atoms with E-state index in [0.29, 0.717) is 21.9 Å². The Kier molecular flexibility index (Phi) is 6.97. The molecule has 2 heterocycles. The van der Waals surface area contributed by atoms with Crippen LogP contribution in [0.25, 0.3) is 11.1 Å². The molecule has 0 unspecified atom stereocenters. The molecular weight excluding hydrogens is 595 g/mol. The van der Waals surface area contributed by atoms with Crippen molar-refractivity contribution in [3.05, 3.63) is 106 Å². The van der Waals surface area contributed by atoms with Gasteiger partial charge in [0.15, 0.2) is 5.69 Å². The number of nitrogens with two attached hydrogens (primary N) is 1. The second-order valence-electron chi connectivity index (χ2n) is 10.8. The molecule has 2 aromatic carbocycles. The Balaban J connectivity index is 1.37. The van der Waals surface area contributed by atoms with E-state index in [1.54, 1.807) is 24.3 Å². The Bertz CT molecular complexity index is 1780. The number of halogens is 7. The maximum Gasteiger partial charge on any atom is 0.435 e. The number of pyridine rings is 1. The molecule has 0 radical (unpaired) electrons. The number of carbonyl (C=O) groups is 2. The van der Waals surface area contributed by atoms with Gasteiger partial charge in [0.25, 0.3) is 5.92 Å². The Morgan fingerprint density at radius 1 is 1.07 bits per heavy atom. The van der Waals surface area contributed by atoms with Crippen molar-refractivity contribution >= 4 is 11.8 Å². The number of nitrogens with zero attached hydrogens (tertiary/aromatic N) is 3. The van der Waals surface area contributed by atoms with E-state index in [0.717, 1.165) is 12.1 Å². The van der Waals surface area contributed by atoms with Gasteiger partial charge in [-0.05, 0) is 60.2 Å². The quantitative estimate of drug-likeness (QED) is 0.250. The number of carbonyl (C=O) groups excluding carboxylic acids is 2. The van der Waals surface area contributed by atoms with Crippen LogP contribution in [0.3, 0.4) is 0 Å². The zero-order valence-electron chi connectivity index (χ0n) is 22.5. The Hall–Kier alpha value is -4.75. The van der Waals surface area contributed by atoms with Gasteiger partial charge >= 0.3 is 6.18 Å². The summed E-state index contributed by atoms with van der Waals surface area (Å²) in [7, 11) is 0. The maximum absolute atomic E-state index is 15.0. The summed E-state index contributed by atoms with van der Waals surface area (Å²) in [5.74, 6) is -9.37. The number of alkyl halides is 5. The molecule has 2 amide bonds. The van der Waals surface area contributed by atoms with Crippen LogP contribution in [0, 0.1) is 17.6 Å². The molecule has 2 aromatic heterocycles. The Morgan fingerprint density at radius 2 is 1.80 bits per heavy atom. The van der Waals surface area contributed by atoms with Crippen LogP contribution < -0.4 is 11.1 Å². The summed E-state index contributed by atoms with van der Waals surface area (Å²) >= 11 is 0. The van der Waals surface area contributed by atoms with E-state index in [9.17, 15) is 31.5 Å². The number of nitrogens with one attached hydrogen (secondary N) is 1. The van der Waals surface area contributed by atoms with Gasteiger partial charge in [0, 0.05) is 34.9 Å². The van der Waals surface area contributed by atoms with Gasteiger partial charge in [0.05, 0.1) is 11.7 Å². The fourth-order valence-electron chi connectivity index (χ4n) is 5.93. The molecule has 0 aliphatic heterocycles. The van der Waals surface area contributed by atoms with Crippen molar-refractivity contribution in [2.45, 2.75) is 43.4 Å². The molecule has 7 nitrogen and oxygen atoms in total. The second-order valence-corrected chi connectivity index (χ2v) is 10.8. The average Bonchev–Trinajstić information content (AvgIpc) is 3.60. The van der Waals surface area contributed by atoms with Gasteiger partial charge in [-0.15, -0.1) is 0 Å². The largest absolute Gasteiger partial charge is 0.435 e. The van der Waals surface area contributed by atoms with Crippen molar-refractivity contribution in [2.24, 2.45) is 11.7 Å². The molecule has 4 aromatic rings. The monoisotopic (exact) mass is 617 g/mol. The summed E-state index contributed by atoms with van der Waals surface area (Å²) in [5, 5.41) is 5.97. The van der Waals surface area contributed by atoms with Gasteiger partial charge in [-0.25, -0.2) is 8.78 Å². The molecule has 44 heavy (non-hydrogen) atoms. The molecule has 14 heteroatoms. The first-order chi connectivity index (χ1) is 20.7. The van der Waals surface area contributed by atoms with E-state index < -0.39 is 76.9 Å². The molecule has 0 bridgehead atoms. The minimum atomic E-state index is -5.01. The lowest BCUT2D eigenvalue weighted by Crippen LogP contribution is -2.35. The summed E-state index contributed by atoms with van der Waals surface area (Å²) in [4.78, 5) is 29.5. The standard InChI is InChI=1S/C30H22F7N5O2/c31-17-7-14(8-18(32)11-17)9-22(25-19(5-2-6-39-25)15-3-1-4-16(10-15)28(38)44)40-23(43)13-42-27-24(26(41-42)30(35,36)37)20-12-21(20)29(27,33)34/h1-8,10-11,20-22H,9,12-13H2,(H2,38,44)(H,40,43)/t20-,21+,22-/m0/s1. The van der Waals surface area contributed by atoms with Crippen LogP contribution in [0.4, 0.5) is 30.7 Å². The predicted molar refractivity (Wildman–Crippen MR) is 141 cm³/mol. The topological polar surface area (TPSA) is 103 Å². The van der Waals surface area contributed by atoms with Gasteiger partial charge in [-0.2, -0.15) is 27.1 Å². The van der Waals surface area contributed by atoms with Crippen molar-refractivity contribution in [1.82, 2.24) is 20.1 Å². The summed E-state index contributed by atoms with van der Waals surface area (Å²) in [6.07, 6.45) is -3.98. The molecule has 0 saturated heterocycles. The molecule has 1 saturated carbocycles. The van der Waals surface area contributed by atoms with Crippen molar-refractivity contribution in [2.75, 3.05) is 0 Å². The van der Waals surface area contributed by atoms with Crippen LogP contribution in [0.1, 0.15) is 56.9 Å². The van der Waals surface area contributed by atoms with E-state index >= 15 is 8.78 Å². The number of rotatable bonds is 8. The molecule has 3 atom stereocenters. The van der Waals surface area contributed by atoms with Crippen molar-refractivity contribution < 1.29 is 40.3 Å². The highest BCUT2D eigenvalue weighted by molar-refractivity contribution is 5.94. The van der Waals surface area contributed by atoms with E-state index in [4.69, 9.17) is 5.73 Å². The third kappa shape index (κ3) is 5.28. The third-order valence-electron chi connectivity index (χ3n) is 7.82. The Labute approximate surface area is 244 Å². The van der Waals surface area contributed by atoms with Crippen LogP contribution in [0.5, 0.6) is 0 Å². The minimum Gasteiger partial charge on any atom is -0.366 e. The highest BCUT2D eigenvalue weighted by Crippen LogP contribution is 2.68.